The zero-order valence-electron chi connectivity index (χ0n) is 9.91. The maximum absolute atomic E-state index is 14.2. The zero-order valence-corrected chi connectivity index (χ0v) is 10.7. The predicted molar refractivity (Wildman–Crippen MR) is 71.3 cm³/mol. The molecule has 0 saturated carbocycles. The van der Waals surface area contributed by atoms with Crippen LogP contribution in [0.2, 0.25) is 5.02 Å². The van der Waals surface area contributed by atoms with Crippen molar-refractivity contribution in [2.24, 2.45) is 5.73 Å². The second-order valence-corrected chi connectivity index (χ2v) is 4.26. The molecular weight excluding hydrogens is 253 g/mol. The Balaban J connectivity index is 2.62. The Labute approximate surface area is 110 Å². The Bertz CT molecular complexity index is 572. The highest BCUT2D eigenvalue weighted by Gasteiger charge is 2.13. The topological polar surface area (TPSA) is 35.2 Å². The molecule has 2 rings (SSSR count). The summed E-state index contributed by atoms with van der Waals surface area (Å²) in [4.78, 5) is 0. The molecule has 0 aromatic heterocycles. The lowest BCUT2D eigenvalue weighted by atomic mass is 9.99. The van der Waals surface area contributed by atoms with Crippen LogP contribution < -0.4 is 10.5 Å². The number of ether oxygens (including phenoxy) is 1. The largest absolute Gasteiger partial charge is 0.494 e. The van der Waals surface area contributed by atoms with E-state index in [0.717, 1.165) is 11.1 Å². The van der Waals surface area contributed by atoms with Gasteiger partial charge < -0.3 is 10.5 Å². The average molecular weight is 266 g/mol. The Hall–Kier alpha value is -1.58. The fourth-order valence-corrected chi connectivity index (χ4v) is 2.07. The minimum Gasteiger partial charge on any atom is -0.494 e. The van der Waals surface area contributed by atoms with Crippen molar-refractivity contribution in [2.45, 2.75) is 6.54 Å². The lowest BCUT2D eigenvalue weighted by molar-refractivity contribution is 0.387. The van der Waals surface area contributed by atoms with Crippen LogP contribution in [0.5, 0.6) is 5.75 Å². The molecule has 4 heteroatoms. The monoisotopic (exact) mass is 265 g/mol. The summed E-state index contributed by atoms with van der Waals surface area (Å²) in [7, 11) is 1.44. The SMILES string of the molecule is COc1cccc(-c2ccc(Cl)cc2CN)c1F. The summed E-state index contributed by atoms with van der Waals surface area (Å²) in [6.45, 7) is 0.298. The third-order valence-corrected chi connectivity index (χ3v) is 3.00. The van der Waals surface area contributed by atoms with E-state index in [-0.39, 0.29) is 5.75 Å². The maximum Gasteiger partial charge on any atom is 0.172 e. The molecule has 0 aliphatic heterocycles. The first kappa shape index (κ1) is 12.9. The molecule has 0 atom stereocenters. The quantitative estimate of drug-likeness (QED) is 0.920. The van der Waals surface area contributed by atoms with E-state index in [9.17, 15) is 4.39 Å². The van der Waals surface area contributed by atoms with E-state index >= 15 is 0 Å². The fourth-order valence-electron chi connectivity index (χ4n) is 1.87. The van der Waals surface area contributed by atoms with Crippen LogP contribution in [-0.4, -0.2) is 7.11 Å². The first-order chi connectivity index (χ1) is 8.67. The molecule has 2 aromatic rings. The molecule has 0 amide bonds. The van der Waals surface area contributed by atoms with Crippen molar-refractivity contribution in [3.05, 3.63) is 52.8 Å². The molecular formula is C14H13ClFNO. The van der Waals surface area contributed by atoms with Gasteiger partial charge in [-0.15, -0.1) is 0 Å². The second-order valence-electron chi connectivity index (χ2n) is 3.83. The van der Waals surface area contributed by atoms with Crippen LogP contribution in [0.25, 0.3) is 11.1 Å². The van der Waals surface area contributed by atoms with Gasteiger partial charge in [0, 0.05) is 17.1 Å². The fraction of sp³-hybridized carbons (Fsp3) is 0.143. The van der Waals surface area contributed by atoms with Gasteiger partial charge in [0.1, 0.15) is 0 Å². The van der Waals surface area contributed by atoms with Gasteiger partial charge in [0.25, 0.3) is 0 Å². The Morgan fingerprint density at radius 1 is 1.22 bits per heavy atom. The number of methoxy groups -OCH3 is 1. The van der Waals surface area contributed by atoms with E-state index in [4.69, 9.17) is 22.1 Å². The lowest BCUT2D eigenvalue weighted by Crippen LogP contribution is -2.00. The summed E-state index contributed by atoms with van der Waals surface area (Å²) >= 11 is 5.91. The third kappa shape index (κ3) is 2.33. The van der Waals surface area contributed by atoms with Crippen molar-refractivity contribution in [2.75, 3.05) is 7.11 Å². The normalized spacial score (nSPS) is 10.4. The van der Waals surface area contributed by atoms with Crippen LogP contribution >= 0.6 is 11.6 Å². The van der Waals surface area contributed by atoms with Crippen LogP contribution in [0.15, 0.2) is 36.4 Å². The average Bonchev–Trinajstić information content (AvgIpc) is 2.39. The van der Waals surface area contributed by atoms with Crippen molar-refractivity contribution in [3.63, 3.8) is 0 Å². The van der Waals surface area contributed by atoms with Crippen LogP contribution in [0.4, 0.5) is 4.39 Å². The van der Waals surface area contributed by atoms with Crippen molar-refractivity contribution in [1.82, 2.24) is 0 Å². The molecule has 0 aliphatic rings. The molecule has 0 spiro atoms. The van der Waals surface area contributed by atoms with E-state index in [2.05, 4.69) is 0 Å². The molecule has 94 valence electrons. The van der Waals surface area contributed by atoms with Crippen LogP contribution in [0.3, 0.4) is 0 Å². The van der Waals surface area contributed by atoms with E-state index < -0.39 is 5.82 Å². The standard InChI is InChI=1S/C14H13ClFNO/c1-18-13-4-2-3-12(14(13)16)11-6-5-10(15)7-9(11)8-17/h2-7H,8,17H2,1H3. The first-order valence-electron chi connectivity index (χ1n) is 5.48. The van der Waals surface area contributed by atoms with E-state index in [1.165, 1.54) is 7.11 Å². The molecule has 0 bridgehead atoms. The van der Waals surface area contributed by atoms with Crippen LogP contribution in [0, 0.1) is 5.82 Å². The summed E-state index contributed by atoms with van der Waals surface area (Å²) < 4.78 is 19.1. The maximum atomic E-state index is 14.2. The van der Waals surface area contributed by atoms with Crippen molar-refractivity contribution in [3.8, 4) is 16.9 Å². The predicted octanol–water partition coefficient (Wildman–Crippen LogP) is 3.61. The van der Waals surface area contributed by atoms with Crippen molar-refractivity contribution in [1.29, 1.82) is 0 Å². The van der Waals surface area contributed by atoms with E-state index in [1.54, 1.807) is 36.4 Å². The minimum atomic E-state index is -0.392. The lowest BCUT2D eigenvalue weighted by Gasteiger charge is -2.11. The molecule has 0 unspecified atom stereocenters. The smallest absolute Gasteiger partial charge is 0.172 e. The molecule has 2 aromatic carbocycles. The van der Waals surface area contributed by atoms with Gasteiger partial charge in [-0.05, 0) is 29.3 Å². The number of rotatable bonds is 3. The van der Waals surface area contributed by atoms with Gasteiger partial charge in [0.05, 0.1) is 7.11 Å². The highest BCUT2D eigenvalue weighted by atomic mass is 35.5. The molecule has 2 N–H and O–H groups in total. The van der Waals surface area contributed by atoms with Gasteiger partial charge in [-0.2, -0.15) is 0 Å². The summed E-state index contributed by atoms with van der Waals surface area (Å²) in [5.74, 6) is -0.178. The Morgan fingerprint density at radius 2 is 2.00 bits per heavy atom. The van der Waals surface area contributed by atoms with Gasteiger partial charge in [-0.25, -0.2) is 4.39 Å². The number of hydrogen-bond donors (Lipinski definition) is 1. The van der Waals surface area contributed by atoms with Gasteiger partial charge in [0.2, 0.25) is 0 Å². The summed E-state index contributed by atoms with van der Waals surface area (Å²) in [6.07, 6.45) is 0. The molecule has 2 nitrogen and oxygen atoms in total. The van der Waals surface area contributed by atoms with Crippen LogP contribution in [0.1, 0.15) is 5.56 Å². The number of hydrogen-bond acceptors (Lipinski definition) is 2. The molecule has 0 fully saturated rings. The second kappa shape index (κ2) is 5.38. The van der Waals surface area contributed by atoms with Gasteiger partial charge in [0.15, 0.2) is 11.6 Å². The summed E-state index contributed by atoms with van der Waals surface area (Å²) in [5, 5.41) is 0.586. The molecule has 0 aliphatic carbocycles. The molecule has 0 heterocycles. The summed E-state index contributed by atoms with van der Waals surface area (Å²) in [5.41, 5.74) is 7.66. The Kier molecular flexibility index (Phi) is 3.84. The highest BCUT2D eigenvalue weighted by molar-refractivity contribution is 6.30. The molecule has 0 radical (unpaired) electrons. The van der Waals surface area contributed by atoms with E-state index in [0.29, 0.717) is 17.1 Å². The first-order valence-corrected chi connectivity index (χ1v) is 5.86. The van der Waals surface area contributed by atoms with Crippen LogP contribution in [-0.2, 0) is 6.54 Å². The number of halogens is 2. The summed E-state index contributed by atoms with van der Waals surface area (Å²) in [6, 6.07) is 10.2. The number of nitrogens with two attached hydrogens (primary N) is 1. The third-order valence-electron chi connectivity index (χ3n) is 2.76. The Morgan fingerprint density at radius 3 is 2.67 bits per heavy atom. The van der Waals surface area contributed by atoms with E-state index in [1.807, 2.05) is 0 Å². The van der Waals surface area contributed by atoms with Gasteiger partial charge in [-0.3, -0.25) is 0 Å². The molecule has 0 saturated heterocycles. The van der Waals surface area contributed by atoms with Gasteiger partial charge in [-0.1, -0.05) is 29.8 Å². The number of benzene rings is 2. The van der Waals surface area contributed by atoms with Gasteiger partial charge >= 0.3 is 0 Å². The molecule has 18 heavy (non-hydrogen) atoms. The zero-order chi connectivity index (χ0) is 13.1. The van der Waals surface area contributed by atoms with Crippen molar-refractivity contribution >= 4 is 11.6 Å². The van der Waals surface area contributed by atoms with Crippen molar-refractivity contribution < 1.29 is 9.13 Å². The highest BCUT2D eigenvalue weighted by Crippen LogP contribution is 2.32. The minimum absolute atomic E-state index is 0.213.